The maximum atomic E-state index is 13.5. The van der Waals surface area contributed by atoms with Crippen molar-refractivity contribution in [2.45, 2.75) is 26.3 Å². The fourth-order valence-corrected chi connectivity index (χ4v) is 2.50. The molecule has 0 radical (unpaired) electrons. The van der Waals surface area contributed by atoms with Gasteiger partial charge in [0.1, 0.15) is 5.82 Å². The molecular formula is C16H18ClFN2. The van der Waals surface area contributed by atoms with E-state index in [4.69, 9.17) is 17.4 Å². The molecule has 2 aromatic rings. The highest BCUT2D eigenvalue weighted by Gasteiger charge is 2.14. The van der Waals surface area contributed by atoms with Gasteiger partial charge >= 0.3 is 0 Å². The molecule has 0 fully saturated rings. The maximum absolute atomic E-state index is 13.5. The van der Waals surface area contributed by atoms with Crippen LogP contribution in [0.2, 0.25) is 5.02 Å². The average Bonchev–Trinajstić information content (AvgIpc) is 2.41. The lowest BCUT2D eigenvalue weighted by atomic mass is 9.94. The van der Waals surface area contributed by atoms with Crippen molar-refractivity contribution < 1.29 is 4.39 Å². The van der Waals surface area contributed by atoms with Gasteiger partial charge in [0.2, 0.25) is 0 Å². The van der Waals surface area contributed by atoms with E-state index in [9.17, 15) is 4.39 Å². The van der Waals surface area contributed by atoms with Crippen LogP contribution in [0.5, 0.6) is 0 Å². The summed E-state index contributed by atoms with van der Waals surface area (Å²) in [5.74, 6) is 5.26. The van der Waals surface area contributed by atoms with Gasteiger partial charge in [-0.3, -0.25) is 11.3 Å². The van der Waals surface area contributed by atoms with Crippen LogP contribution < -0.4 is 11.3 Å². The predicted octanol–water partition coefficient (Wildman–Crippen LogP) is 3.84. The number of hydrogen-bond donors (Lipinski definition) is 2. The van der Waals surface area contributed by atoms with Crippen LogP contribution in [0.1, 0.15) is 28.3 Å². The molecule has 0 aliphatic rings. The van der Waals surface area contributed by atoms with Crippen molar-refractivity contribution in [3.05, 3.63) is 69.5 Å². The quantitative estimate of drug-likeness (QED) is 0.664. The van der Waals surface area contributed by atoms with Gasteiger partial charge in [-0.2, -0.15) is 0 Å². The van der Waals surface area contributed by atoms with Crippen molar-refractivity contribution in [3.8, 4) is 0 Å². The standard InChI is InChI=1S/C16H18ClFN2/c1-10-3-5-13(11(2)7-10)16(20-19)9-12-4-6-14(17)15(18)8-12/h3-8,16,20H,9,19H2,1-2H3. The molecule has 2 rings (SSSR count). The molecule has 106 valence electrons. The van der Waals surface area contributed by atoms with E-state index >= 15 is 0 Å². The lowest BCUT2D eigenvalue weighted by molar-refractivity contribution is 0.546. The van der Waals surface area contributed by atoms with E-state index in [1.165, 1.54) is 17.2 Å². The summed E-state index contributed by atoms with van der Waals surface area (Å²) in [5, 5.41) is 0.137. The average molecular weight is 293 g/mol. The van der Waals surface area contributed by atoms with Gasteiger partial charge in [0, 0.05) is 0 Å². The summed E-state index contributed by atoms with van der Waals surface area (Å²) >= 11 is 5.70. The minimum absolute atomic E-state index is 0.0591. The molecule has 0 bridgehead atoms. The Morgan fingerprint density at radius 3 is 2.55 bits per heavy atom. The summed E-state index contributed by atoms with van der Waals surface area (Å²) in [7, 11) is 0. The van der Waals surface area contributed by atoms with E-state index < -0.39 is 5.82 Å². The number of rotatable bonds is 4. The molecule has 1 atom stereocenters. The minimum atomic E-state index is -0.402. The normalized spacial score (nSPS) is 12.4. The van der Waals surface area contributed by atoms with Gasteiger partial charge in [-0.05, 0) is 49.1 Å². The molecule has 3 N–H and O–H groups in total. The van der Waals surface area contributed by atoms with E-state index in [1.54, 1.807) is 6.07 Å². The van der Waals surface area contributed by atoms with E-state index in [1.807, 2.05) is 6.07 Å². The molecule has 0 aromatic heterocycles. The van der Waals surface area contributed by atoms with E-state index in [0.717, 1.165) is 11.1 Å². The Balaban J connectivity index is 2.26. The molecule has 0 spiro atoms. The highest BCUT2D eigenvalue weighted by Crippen LogP contribution is 2.24. The van der Waals surface area contributed by atoms with Crippen molar-refractivity contribution in [2.24, 2.45) is 5.84 Å². The van der Waals surface area contributed by atoms with Gasteiger partial charge in [-0.1, -0.05) is 41.4 Å². The first-order valence-electron chi connectivity index (χ1n) is 6.48. The Bertz CT molecular complexity index is 613. The van der Waals surface area contributed by atoms with Gasteiger partial charge in [-0.25, -0.2) is 4.39 Å². The first-order valence-corrected chi connectivity index (χ1v) is 6.86. The smallest absolute Gasteiger partial charge is 0.142 e. The molecule has 0 saturated heterocycles. The van der Waals surface area contributed by atoms with Gasteiger partial charge in [0.25, 0.3) is 0 Å². The molecule has 0 amide bonds. The Morgan fingerprint density at radius 1 is 1.20 bits per heavy atom. The van der Waals surface area contributed by atoms with Crippen LogP contribution in [-0.2, 0) is 6.42 Å². The first-order chi connectivity index (χ1) is 9.51. The van der Waals surface area contributed by atoms with Gasteiger partial charge in [-0.15, -0.1) is 0 Å². The highest BCUT2D eigenvalue weighted by molar-refractivity contribution is 6.30. The third-order valence-electron chi connectivity index (χ3n) is 3.43. The number of nitrogens with one attached hydrogen (secondary N) is 1. The topological polar surface area (TPSA) is 38.0 Å². The van der Waals surface area contributed by atoms with Gasteiger partial charge in [0.05, 0.1) is 11.1 Å². The van der Waals surface area contributed by atoms with Crippen molar-refractivity contribution >= 4 is 11.6 Å². The molecule has 0 aliphatic heterocycles. The van der Waals surface area contributed by atoms with Crippen molar-refractivity contribution in [2.75, 3.05) is 0 Å². The zero-order valence-corrected chi connectivity index (χ0v) is 12.3. The van der Waals surface area contributed by atoms with Crippen molar-refractivity contribution in [1.29, 1.82) is 0 Å². The third-order valence-corrected chi connectivity index (χ3v) is 3.73. The number of benzene rings is 2. The Kier molecular flexibility index (Phi) is 4.76. The molecule has 0 aliphatic carbocycles. The first kappa shape index (κ1) is 15.0. The molecule has 2 nitrogen and oxygen atoms in total. The van der Waals surface area contributed by atoms with Gasteiger partial charge in [0.15, 0.2) is 0 Å². The summed E-state index contributed by atoms with van der Waals surface area (Å²) < 4.78 is 13.5. The number of hydrazine groups is 1. The van der Waals surface area contributed by atoms with Crippen molar-refractivity contribution in [3.63, 3.8) is 0 Å². The summed E-state index contributed by atoms with van der Waals surface area (Å²) in [5.41, 5.74) is 7.16. The van der Waals surface area contributed by atoms with E-state index in [-0.39, 0.29) is 11.1 Å². The lowest BCUT2D eigenvalue weighted by Gasteiger charge is -2.19. The predicted molar refractivity (Wildman–Crippen MR) is 81.1 cm³/mol. The fraction of sp³-hybridized carbons (Fsp3) is 0.250. The summed E-state index contributed by atoms with van der Waals surface area (Å²) in [6, 6.07) is 11.0. The number of hydrogen-bond acceptors (Lipinski definition) is 2. The zero-order chi connectivity index (χ0) is 14.7. The van der Waals surface area contributed by atoms with Crippen LogP contribution in [0.3, 0.4) is 0 Å². The molecule has 1 unspecified atom stereocenters. The van der Waals surface area contributed by atoms with Crippen molar-refractivity contribution in [1.82, 2.24) is 5.43 Å². The zero-order valence-electron chi connectivity index (χ0n) is 11.6. The summed E-state index contributed by atoms with van der Waals surface area (Å²) in [6.07, 6.45) is 0.606. The molecule has 2 aromatic carbocycles. The third kappa shape index (κ3) is 3.37. The molecular weight excluding hydrogens is 275 g/mol. The Hall–Kier alpha value is -1.42. The van der Waals surface area contributed by atoms with Crippen LogP contribution in [0.15, 0.2) is 36.4 Å². The fourth-order valence-electron chi connectivity index (χ4n) is 2.38. The van der Waals surface area contributed by atoms with Gasteiger partial charge < -0.3 is 0 Å². The second kappa shape index (κ2) is 6.35. The maximum Gasteiger partial charge on any atom is 0.142 e. The molecule has 4 heteroatoms. The minimum Gasteiger partial charge on any atom is -0.271 e. The largest absolute Gasteiger partial charge is 0.271 e. The number of aryl methyl sites for hydroxylation is 2. The number of halogens is 2. The molecule has 20 heavy (non-hydrogen) atoms. The van der Waals surface area contributed by atoms with Crippen LogP contribution in [0, 0.1) is 19.7 Å². The van der Waals surface area contributed by atoms with E-state index in [2.05, 4.69) is 37.5 Å². The Labute approximate surface area is 123 Å². The monoisotopic (exact) mass is 292 g/mol. The lowest BCUT2D eigenvalue weighted by Crippen LogP contribution is -2.30. The van der Waals surface area contributed by atoms with Crippen LogP contribution >= 0.6 is 11.6 Å². The summed E-state index contributed by atoms with van der Waals surface area (Å²) in [4.78, 5) is 0. The SMILES string of the molecule is Cc1ccc(C(Cc2ccc(Cl)c(F)c2)NN)c(C)c1. The highest BCUT2D eigenvalue weighted by atomic mass is 35.5. The van der Waals surface area contributed by atoms with E-state index in [0.29, 0.717) is 6.42 Å². The molecule has 0 heterocycles. The van der Waals surface area contributed by atoms with Crippen LogP contribution in [0.25, 0.3) is 0 Å². The second-order valence-corrected chi connectivity index (χ2v) is 5.44. The number of nitrogens with two attached hydrogens (primary N) is 1. The molecule has 0 saturated carbocycles. The van der Waals surface area contributed by atoms with Crippen LogP contribution in [-0.4, -0.2) is 0 Å². The van der Waals surface area contributed by atoms with Crippen LogP contribution in [0.4, 0.5) is 4.39 Å². The summed E-state index contributed by atoms with van der Waals surface area (Å²) in [6.45, 7) is 4.10. The second-order valence-electron chi connectivity index (χ2n) is 5.03. The Morgan fingerprint density at radius 2 is 1.95 bits per heavy atom.